The highest BCUT2D eigenvalue weighted by atomic mass is 31.1. The Labute approximate surface area is 184 Å². The third-order valence-electron chi connectivity index (χ3n) is 4.96. The van der Waals surface area contributed by atoms with Gasteiger partial charge in [0, 0.05) is 11.6 Å². The lowest BCUT2D eigenvalue weighted by atomic mass is 9.93. The van der Waals surface area contributed by atoms with Gasteiger partial charge in [-0.1, -0.05) is 60.7 Å². The van der Waals surface area contributed by atoms with Crippen molar-refractivity contribution in [1.82, 2.24) is 0 Å². The van der Waals surface area contributed by atoms with Gasteiger partial charge < -0.3 is 0 Å². The Morgan fingerprint density at radius 3 is 1.47 bits per heavy atom. The molecule has 32 heavy (non-hydrogen) atoms. The minimum Gasteiger partial charge on any atom is -0.166 e. The van der Waals surface area contributed by atoms with E-state index in [1.807, 2.05) is 60.7 Å². The van der Waals surface area contributed by atoms with Crippen LogP contribution in [0, 0.1) is 30.8 Å². The Morgan fingerprint density at radius 1 is 0.562 bits per heavy atom. The lowest BCUT2D eigenvalue weighted by molar-refractivity contribution is -0.143. The van der Waals surface area contributed by atoms with E-state index < -0.39 is 31.4 Å². The van der Waals surface area contributed by atoms with Gasteiger partial charge in [-0.2, -0.15) is 26.3 Å². The lowest BCUT2D eigenvalue weighted by Crippen LogP contribution is -2.20. The predicted molar refractivity (Wildman–Crippen MR) is 114 cm³/mol. The fraction of sp³-hybridized carbons (Fsp3) is 0.0800. The third-order valence-corrected chi connectivity index (χ3v) is 7.46. The van der Waals surface area contributed by atoms with Gasteiger partial charge in [0.1, 0.15) is 0 Å². The molecule has 0 N–H and O–H groups in total. The molecule has 1 aliphatic rings. The molecule has 163 valence electrons. The molecule has 0 unspecified atom stereocenters. The summed E-state index contributed by atoms with van der Waals surface area (Å²) in [7, 11) is -1.19. The summed E-state index contributed by atoms with van der Waals surface area (Å²) < 4.78 is 80.4. The molecule has 0 aromatic heterocycles. The van der Waals surface area contributed by atoms with Crippen LogP contribution in [0.15, 0.2) is 78.9 Å². The van der Waals surface area contributed by atoms with E-state index in [1.54, 1.807) is 19.3 Å². The molecule has 0 saturated heterocycles. The topological polar surface area (TPSA) is 0 Å². The van der Waals surface area contributed by atoms with Gasteiger partial charge in [-0.05, 0) is 61.6 Å². The zero-order valence-electron chi connectivity index (χ0n) is 16.5. The maximum atomic E-state index is 13.4. The number of hydrogen-bond acceptors (Lipinski definition) is 0. The fourth-order valence-corrected chi connectivity index (χ4v) is 6.02. The van der Waals surface area contributed by atoms with Crippen LogP contribution in [0.2, 0.25) is 0 Å². The van der Waals surface area contributed by atoms with Crippen LogP contribution < -0.4 is 10.6 Å². The van der Waals surface area contributed by atoms with Crippen molar-refractivity contribution in [3.8, 4) is 0 Å². The summed E-state index contributed by atoms with van der Waals surface area (Å²) in [4.78, 5) is 0. The first kappa shape index (κ1) is 22.8. The molecule has 0 nitrogen and oxygen atoms in total. The maximum absolute atomic E-state index is 13.4. The number of rotatable bonds is 4. The van der Waals surface area contributed by atoms with Crippen molar-refractivity contribution in [1.29, 1.82) is 0 Å². The van der Waals surface area contributed by atoms with Gasteiger partial charge in [0.25, 0.3) is 0 Å². The molecule has 0 spiro atoms. The van der Waals surface area contributed by atoms with Crippen molar-refractivity contribution >= 4 is 18.5 Å². The van der Waals surface area contributed by atoms with Crippen LogP contribution in [0.3, 0.4) is 0 Å². The molecule has 4 rings (SSSR count). The number of alkyl halides is 6. The summed E-state index contributed by atoms with van der Waals surface area (Å²) in [6, 6.07) is 20.6. The second-order valence-electron chi connectivity index (χ2n) is 7.13. The van der Waals surface area contributed by atoms with Gasteiger partial charge in [-0.15, -0.1) is 0 Å². The van der Waals surface area contributed by atoms with Crippen molar-refractivity contribution in [2.75, 3.05) is 0 Å². The third kappa shape index (κ3) is 4.85. The Kier molecular flexibility index (Phi) is 6.35. The normalized spacial score (nSPS) is 16.1. The molecule has 0 atom stereocenters. The first-order valence-electron chi connectivity index (χ1n) is 9.60. The standard InChI is InChI=1S/C25H16F6P/c26-24(27,28)18-14-17(15-19(16-18)25(29,30)31)22-12-7-13-23(22)32(20-8-3-1-4-9-20)21-10-5-2-6-11-21/h1-16H. The predicted octanol–water partition coefficient (Wildman–Crippen LogP) is 6.94. The summed E-state index contributed by atoms with van der Waals surface area (Å²) in [6.07, 6.45) is -4.78. The first-order valence-corrected chi connectivity index (χ1v) is 10.9. The molecule has 3 aromatic rings. The van der Waals surface area contributed by atoms with Gasteiger partial charge in [0.05, 0.1) is 11.1 Å². The Hall–Kier alpha value is -2.33. The van der Waals surface area contributed by atoms with Gasteiger partial charge >= 0.3 is 12.4 Å². The zero-order chi connectivity index (χ0) is 22.9. The average Bonchev–Trinajstić information content (AvgIpc) is 3.23. The maximum Gasteiger partial charge on any atom is 0.416 e. The van der Waals surface area contributed by atoms with Gasteiger partial charge in [0.2, 0.25) is 0 Å². The molecule has 5 radical (unpaired) electrons. The molecule has 1 fully saturated rings. The van der Waals surface area contributed by atoms with Crippen LogP contribution in [0.5, 0.6) is 0 Å². The van der Waals surface area contributed by atoms with E-state index in [4.69, 9.17) is 0 Å². The molecule has 0 heterocycles. The molecule has 0 bridgehead atoms. The lowest BCUT2D eigenvalue weighted by Gasteiger charge is -2.30. The van der Waals surface area contributed by atoms with Crippen LogP contribution in [0.1, 0.15) is 16.7 Å². The van der Waals surface area contributed by atoms with Crippen molar-refractivity contribution in [2.45, 2.75) is 12.4 Å². The van der Waals surface area contributed by atoms with E-state index in [0.29, 0.717) is 11.6 Å². The number of halogens is 6. The number of benzene rings is 3. The average molecular weight is 461 g/mol. The van der Waals surface area contributed by atoms with Crippen molar-refractivity contribution in [3.05, 3.63) is 126 Å². The van der Waals surface area contributed by atoms with Gasteiger partial charge in [-0.25, -0.2) is 0 Å². The van der Waals surface area contributed by atoms with E-state index in [1.165, 1.54) is 0 Å². The summed E-state index contributed by atoms with van der Waals surface area (Å²) in [5, 5.41) is 1.90. The van der Waals surface area contributed by atoms with E-state index in [9.17, 15) is 26.3 Å². The molecule has 7 heteroatoms. The minimum atomic E-state index is -4.90. The van der Waals surface area contributed by atoms with E-state index in [0.717, 1.165) is 22.7 Å². The SMILES string of the molecule is FC(F)(F)c1cc([C]2[CH][CH][CH][C]2P(c2ccccc2)c2ccccc2)cc(C(F)(F)F)c1. The van der Waals surface area contributed by atoms with Crippen LogP contribution in [0.25, 0.3) is 0 Å². The van der Waals surface area contributed by atoms with Crippen LogP contribution in [0.4, 0.5) is 26.3 Å². The van der Waals surface area contributed by atoms with Crippen molar-refractivity contribution < 1.29 is 26.3 Å². The molecule has 3 aromatic carbocycles. The first-order chi connectivity index (χ1) is 15.1. The smallest absolute Gasteiger partial charge is 0.166 e. The second kappa shape index (κ2) is 8.90. The van der Waals surface area contributed by atoms with Gasteiger partial charge in [-0.3, -0.25) is 0 Å². The van der Waals surface area contributed by atoms with Crippen molar-refractivity contribution in [3.63, 3.8) is 0 Å². The van der Waals surface area contributed by atoms with Crippen molar-refractivity contribution in [2.24, 2.45) is 0 Å². The molecule has 0 amide bonds. The summed E-state index contributed by atoms with van der Waals surface area (Å²) >= 11 is 0. The quantitative estimate of drug-likeness (QED) is 0.292. The molecule has 1 saturated carbocycles. The van der Waals surface area contributed by atoms with Crippen LogP contribution in [-0.4, -0.2) is 0 Å². The van der Waals surface area contributed by atoms with E-state index >= 15 is 0 Å². The molecule has 1 aliphatic carbocycles. The fourth-order valence-electron chi connectivity index (χ4n) is 3.54. The highest BCUT2D eigenvalue weighted by molar-refractivity contribution is 7.76. The Morgan fingerprint density at radius 2 is 1.03 bits per heavy atom. The highest BCUT2D eigenvalue weighted by Gasteiger charge is 2.42. The Balaban J connectivity index is 1.82. The summed E-state index contributed by atoms with van der Waals surface area (Å²) in [5.74, 6) is 0.361. The van der Waals surface area contributed by atoms with Crippen LogP contribution >= 0.6 is 7.92 Å². The Bertz CT molecular complexity index is 972. The van der Waals surface area contributed by atoms with Crippen LogP contribution in [-0.2, 0) is 12.4 Å². The largest absolute Gasteiger partial charge is 0.416 e. The van der Waals surface area contributed by atoms with Gasteiger partial charge in [0.15, 0.2) is 0 Å². The van der Waals surface area contributed by atoms with E-state index in [2.05, 4.69) is 0 Å². The summed E-state index contributed by atoms with van der Waals surface area (Å²) in [5.41, 5.74) is -2.05. The molecule has 0 aliphatic heterocycles. The molecular weight excluding hydrogens is 445 g/mol. The summed E-state index contributed by atoms with van der Waals surface area (Å²) in [6.45, 7) is 0. The number of hydrogen-bond donors (Lipinski definition) is 0. The minimum absolute atomic E-state index is 0.105. The highest BCUT2D eigenvalue weighted by Crippen LogP contribution is 2.58. The zero-order valence-corrected chi connectivity index (χ0v) is 17.3. The van der Waals surface area contributed by atoms with E-state index in [-0.39, 0.29) is 11.6 Å². The monoisotopic (exact) mass is 461 g/mol. The molecular formula is C25H16F6P. The second-order valence-corrected chi connectivity index (χ2v) is 9.31.